The third-order valence-corrected chi connectivity index (χ3v) is 5.79. The Balaban J connectivity index is 1.62. The van der Waals surface area contributed by atoms with Crippen molar-refractivity contribution in [2.45, 2.75) is 11.8 Å². The standard InChI is InChI=1S/C22H19FN4O3S/c23-15-3-1-4-17(11-15)26-22-27(13-18-5-2-10-30-18)21(29)20(31-22)14-6-8-16(9-7-14)25-19(28)12-24/h1-11,20H,12-13,24H2,(H,25,28). The number of amides is 2. The summed E-state index contributed by atoms with van der Waals surface area (Å²) in [6, 6.07) is 16.4. The molecule has 1 unspecified atom stereocenters. The molecule has 2 heterocycles. The number of aliphatic imine (C=N–C) groups is 1. The lowest BCUT2D eigenvalue weighted by Gasteiger charge is -2.15. The molecule has 1 aliphatic heterocycles. The van der Waals surface area contributed by atoms with Crippen LogP contribution < -0.4 is 11.1 Å². The Labute approximate surface area is 182 Å². The van der Waals surface area contributed by atoms with Crippen LogP contribution in [0.4, 0.5) is 15.8 Å². The Morgan fingerprint density at radius 2 is 2.00 bits per heavy atom. The summed E-state index contributed by atoms with van der Waals surface area (Å²) in [7, 11) is 0. The Bertz CT molecular complexity index is 1120. The van der Waals surface area contributed by atoms with Crippen molar-refractivity contribution in [2.24, 2.45) is 10.7 Å². The summed E-state index contributed by atoms with van der Waals surface area (Å²) < 4.78 is 19.0. The van der Waals surface area contributed by atoms with Gasteiger partial charge in [-0.2, -0.15) is 0 Å². The second-order valence-corrected chi connectivity index (χ2v) is 7.82. The Morgan fingerprint density at radius 3 is 2.68 bits per heavy atom. The number of rotatable bonds is 6. The molecule has 158 valence electrons. The Hall–Kier alpha value is -3.43. The van der Waals surface area contributed by atoms with Gasteiger partial charge in [-0.25, -0.2) is 9.38 Å². The molecule has 1 saturated heterocycles. The molecule has 4 rings (SSSR count). The first kappa shape index (κ1) is 20.8. The molecule has 0 aliphatic carbocycles. The summed E-state index contributed by atoms with van der Waals surface area (Å²) in [6.45, 7) is 0.106. The number of benzene rings is 2. The summed E-state index contributed by atoms with van der Waals surface area (Å²) in [4.78, 5) is 30.7. The van der Waals surface area contributed by atoms with Crippen molar-refractivity contribution in [1.82, 2.24) is 4.90 Å². The highest BCUT2D eigenvalue weighted by Crippen LogP contribution is 2.41. The van der Waals surface area contributed by atoms with Gasteiger partial charge in [-0.05, 0) is 48.0 Å². The fourth-order valence-corrected chi connectivity index (χ4v) is 4.24. The normalized spacial score (nSPS) is 17.4. The maximum absolute atomic E-state index is 13.6. The van der Waals surface area contributed by atoms with E-state index in [1.165, 1.54) is 35.1 Å². The van der Waals surface area contributed by atoms with Crippen LogP contribution in [-0.4, -0.2) is 28.4 Å². The number of carbonyl (C=O) groups is 2. The molecule has 3 aromatic rings. The lowest BCUT2D eigenvalue weighted by Crippen LogP contribution is -2.29. The van der Waals surface area contributed by atoms with Gasteiger partial charge in [-0.3, -0.25) is 14.5 Å². The van der Waals surface area contributed by atoms with E-state index in [4.69, 9.17) is 10.2 Å². The second kappa shape index (κ2) is 9.15. The van der Waals surface area contributed by atoms with E-state index in [2.05, 4.69) is 10.3 Å². The van der Waals surface area contributed by atoms with Gasteiger partial charge >= 0.3 is 0 Å². The zero-order chi connectivity index (χ0) is 21.8. The summed E-state index contributed by atoms with van der Waals surface area (Å²) >= 11 is 1.28. The first-order chi connectivity index (χ1) is 15.0. The third-order valence-electron chi connectivity index (χ3n) is 4.55. The smallest absolute Gasteiger partial charge is 0.247 e. The minimum atomic E-state index is -0.526. The van der Waals surface area contributed by atoms with E-state index in [9.17, 15) is 14.0 Å². The molecule has 0 radical (unpaired) electrons. The number of hydrogen-bond acceptors (Lipinski definition) is 6. The van der Waals surface area contributed by atoms with Crippen LogP contribution in [0, 0.1) is 5.82 Å². The summed E-state index contributed by atoms with van der Waals surface area (Å²) in [5.74, 6) is -0.245. The van der Waals surface area contributed by atoms with Gasteiger partial charge in [-0.1, -0.05) is 30.0 Å². The van der Waals surface area contributed by atoms with E-state index >= 15 is 0 Å². The van der Waals surface area contributed by atoms with Crippen LogP contribution in [-0.2, 0) is 16.1 Å². The topological polar surface area (TPSA) is 101 Å². The van der Waals surface area contributed by atoms with Gasteiger partial charge < -0.3 is 15.5 Å². The molecular weight excluding hydrogens is 419 g/mol. The number of thioether (sulfide) groups is 1. The molecule has 7 nitrogen and oxygen atoms in total. The summed E-state index contributed by atoms with van der Waals surface area (Å²) in [5, 5.41) is 2.60. The van der Waals surface area contributed by atoms with Crippen molar-refractivity contribution in [3.63, 3.8) is 0 Å². The van der Waals surface area contributed by atoms with Crippen LogP contribution in [0.25, 0.3) is 0 Å². The van der Waals surface area contributed by atoms with E-state index in [0.717, 1.165) is 5.56 Å². The largest absolute Gasteiger partial charge is 0.467 e. The first-order valence-electron chi connectivity index (χ1n) is 9.48. The van der Waals surface area contributed by atoms with Crippen molar-refractivity contribution in [3.05, 3.63) is 84.1 Å². The highest BCUT2D eigenvalue weighted by molar-refractivity contribution is 8.15. The molecular formula is C22H19FN4O3S. The van der Waals surface area contributed by atoms with Crippen LogP contribution >= 0.6 is 11.8 Å². The van der Waals surface area contributed by atoms with Crippen LogP contribution in [0.15, 0.2) is 76.3 Å². The molecule has 31 heavy (non-hydrogen) atoms. The van der Waals surface area contributed by atoms with Gasteiger partial charge in [0, 0.05) is 5.69 Å². The predicted molar refractivity (Wildman–Crippen MR) is 117 cm³/mol. The van der Waals surface area contributed by atoms with Crippen LogP contribution in [0.3, 0.4) is 0 Å². The minimum absolute atomic E-state index is 0.111. The van der Waals surface area contributed by atoms with Gasteiger partial charge in [-0.15, -0.1) is 0 Å². The third kappa shape index (κ3) is 4.84. The second-order valence-electron chi connectivity index (χ2n) is 6.75. The fourth-order valence-electron chi connectivity index (χ4n) is 3.07. The zero-order valence-corrected chi connectivity index (χ0v) is 17.1. The van der Waals surface area contributed by atoms with E-state index in [-0.39, 0.29) is 24.9 Å². The van der Waals surface area contributed by atoms with Crippen LogP contribution in [0.2, 0.25) is 0 Å². The minimum Gasteiger partial charge on any atom is -0.467 e. The number of furan rings is 1. The van der Waals surface area contributed by atoms with E-state index in [1.54, 1.807) is 48.5 Å². The lowest BCUT2D eigenvalue weighted by atomic mass is 10.1. The monoisotopic (exact) mass is 438 g/mol. The van der Waals surface area contributed by atoms with Crippen molar-refractivity contribution in [1.29, 1.82) is 0 Å². The number of anilines is 1. The van der Waals surface area contributed by atoms with E-state index in [1.807, 2.05) is 0 Å². The molecule has 1 atom stereocenters. The molecule has 2 amide bonds. The predicted octanol–water partition coefficient (Wildman–Crippen LogP) is 3.82. The Kier molecular flexibility index (Phi) is 6.15. The number of hydrogen-bond donors (Lipinski definition) is 2. The van der Waals surface area contributed by atoms with Crippen molar-refractivity contribution in [3.8, 4) is 0 Å². The molecule has 1 aliphatic rings. The number of nitrogens with zero attached hydrogens (tertiary/aromatic N) is 2. The van der Waals surface area contributed by atoms with Gasteiger partial charge in [0.05, 0.1) is 25.0 Å². The summed E-state index contributed by atoms with van der Waals surface area (Å²) in [6.07, 6.45) is 1.54. The highest BCUT2D eigenvalue weighted by Gasteiger charge is 2.39. The molecule has 0 saturated carbocycles. The van der Waals surface area contributed by atoms with Gasteiger partial charge in [0.2, 0.25) is 11.8 Å². The van der Waals surface area contributed by atoms with E-state index in [0.29, 0.717) is 22.3 Å². The van der Waals surface area contributed by atoms with E-state index < -0.39 is 11.1 Å². The van der Waals surface area contributed by atoms with Gasteiger partial charge in [0.25, 0.3) is 0 Å². The average molecular weight is 438 g/mol. The molecule has 3 N–H and O–H groups in total. The van der Waals surface area contributed by atoms with Crippen LogP contribution in [0.5, 0.6) is 0 Å². The number of nitrogens with two attached hydrogens (primary N) is 1. The maximum atomic E-state index is 13.6. The van der Waals surface area contributed by atoms with Crippen LogP contribution in [0.1, 0.15) is 16.6 Å². The summed E-state index contributed by atoms with van der Waals surface area (Å²) in [5.41, 5.74) is 7.09. The maximum Gasteiger partial charge on any atom is 0.247 e. The SMILES string of the molecule is NCC(=O)Nc1ccc(C2SC(=Nc3cccc(F)c3)N(Cc3ccco3)C2=O)cc1. The lowest BCUT2D eigenvalue weighted by molar-refractivity contribution is -0.126. The fraction of sp³-hybridized carbons (Fsp3) is 0.136. The van der Waals surface area contributed by atoms with Gasteiger partial charge in [0.1, 0.15) is 16.8 Å². The number of nitrogens with one attached hydrogen (secondary N) is 1. The van der Waals surface area contributed by atoms with Crippen molar-refractivity contribution in [2.75, 3.05) is 11.9 Å². The molecule has 0 bridgehead atoms. The van der Waals surface area contributed by atoms with Crippen molar-refractivity contribution < 1.29 is 18.4 Å². The quantitative estimate of drug-likeness (QED) is 0.609. The first-order valence-corrected chi connectivity index (χ1v) is 10.4. The Morgan fingerprint density at radius 1 is 1.19 bits per heavy atom. The highest BCUT2D eigenvalue weighted by atomic mass is 32.2. The number of halogens is 1. The average Bonchev–Trinajstić information content (AvgIpc) is 3.38. The molecule has 9 heteroatoms. The number of carbonyl (C=O) groups excluding carboxylic acids is 2. The zero-order valence-electron chi connectivity index (χ0n) is 16.3. The molecule has 2 aromatic carbocycles. The van der Waals surface area contributed by atoms with Crippen molar-refractivity contribution >= 4 is 40.1 Å². The number of amidine groups is 1. The molecule has 1 fully saturated rings. The molecule has 0 spiro atoms. The van der Waals surface area contributed by atoms with Gasteiger partial charge in [0.15, 0.2) is 5.17 Å². The molecule has 1 aromatic heterocycles.